The molecule has 0 bridgehead atoms. The van der Waals surface area contributed by atoms with Crippen LogP contribution in [0.25, 0.3) is 0 Å². The van der Waals surface area contributed by atoms with Crippen molar-refractivity contribution in [3.8, 4) is 0 Å². The SMILES string of the molecule is CCCNC(c1c(F)cccc1Br)C1CCC(C)C(C)C1. The van der Waals surface area contributed by atoms with E-state index < -0.39 is 0 Å². The van der Waals surface area contributed by atoms with Gasteiger partial charge >= 0.3 is 0 Å². The summed E-state index contributed by atoms with van der Waals surface area (Å²) in [5.41, 5.74) is 0.817. The van der Waals surface area contributed by atoms with Crippen LogP contribution in [0.5, 0.6) is 0 Å². The second kappa shape index (κ2) is 7.73. The number of nitrogens with one attached hydrogen (secondary N) is 1. The number of benzene rings is 1. The quantitative estimate of drug-likeness (QED) is 0.713. The summed E-state index contributed by atoms with van der Waals surface area (Å²) in [6.07, 6.45) is 4.69. The molecule has 118 valence electrons. The normalized spacial score (nSPS) is 27.6. The molecule has 0 heterocycles. The smallest absolute Gasteiger partial charge is 0.129 e. The molecule has 1 fully saturated rings. The van der Waals surface area contributed by atoms with Gasteiger partial charge in [-0.1, -0.05) is 49.2 Å². The summed E-state index contributed by atoms with van der Waals surface area (Å²) in [6.45, 7) is 7.77. The summed E-state index contributed by atoms with van der Waals surface area (Å²) in [6, 6.07) is 5.42. The van der Waals surface area contributed by atoms with Gasteiger partial charge in [0.1, 0.15) is 5.82 Å². The first kappa shape index (κ1) is 17.0. The number of hydrogen-bond donors (Lipinski definition) is 1. The highest BCUT2D eigenvalue weighted by Crippen LogP contribution is 2.42. The molecule has 1 aliphatic carbocycles. The van der Waals surface area contributed by atoms with Gasteiger partial charge in [0.2, 0.25) is 0 Å². The van der Waals surface area contributed by atoms with Crippen LogP contribution in [-0.4, -0.2) is 6.54 Å². The van der Waals surface area contributed by atoms with Gasteiger partial charge in [-0.25, -0.2) is 4.39 Å². The zero-order valence-corrected chi connectivity index (χ0v) is 14.9. The molecule has 0 radical (unpaired) electrons. The van der Waals surface area contributed by atoms with Gasteiger partial charge in [0.25, 0.3) is 0 Å². The van der Waals surface area contributed by atoms with Crippen LogP contribution in [0.2, 0.25) is 0 Å². The van der Waals surface area contributed by atoms with E-state index >= 15 is 0 Å². The molecule has 1 N–H and O–H groups in total. The number of hydrogen-bond acceptors (Lipinski definition) is 1. The first-order chi connectivity index (χ1) is 10.0. The van der Waals surface area contributed by atoms with Gasteiger partial charge in [-0.05, 0) is 55.7 Å². The van der Waals surface area contributed by atoms with E-state index in [0.29, 0.717) is 5.92 Å². The fraction of sp³-hybridized carbons (Fsp3) is 0.667. The van der Waals surface area contributed by atoms with Crippen LogP contribution < -0.4 is 5.32 Å². The number of halogens is 2. The third-order valence-electron chi connectivity index (χ3n) is 5.04. The lowest BCUT2D eigenvalue weighted by Gasteiger charge is -2.37. The van der Waals surface area contributed by atoms with Crippen molar-refractivity contribution < 1.29 is 4.39 Å². The van der Waals surface area contributed by atoms with Crippen LogP contribution >= 0.6 is 15.9 Å². The second-order valence-electron chi connectivity index (χ2n) is 6.59. The Kier molecular flexibility index (Phi) is 6.24. The average molecular weight is 356 g/mol. The summed E-state index contributed by atoms with van der Waals surface area (Å²) in [4.78, 5) is 0. The van der Waals surface area contributed by atoms with Gasteiger partial charge in [0.15, 0.2) is 0 Å². The van der Waals surface area contributed by atoms with E-state index in [1.165, 1.54) is 19.3 Å². The van der Waals surface area contributed by atoms with Gasteiger partial charge in [-0.15, -0.1) is 0 Å². The third-order valence-corrected chi connectivity index (χ3v) is 5.73. The lowest BCUT2D eigenvalue weighted by molar-refractivity contribution is 0.169. The standard InChI is InChI=1S/C18H27BrFN/c1-4-10-21-18(14-9-8-12(2)13(3)11-14)17-15(19)6-5-7-16(17)20/h5-7,12-14,18,21H,4,8-11H2,1-3H3. The molecule has 0 spiro atoms. The van der Waals surface area contributed by atoms with Crippen LogP contribution in [0.1, 0.15) is 58.1 Å². The van der Waals surface area contributed by atoms with E-state index in [-0.39, 0.29) is 11.9 Å². The van der Waals surface area contributed by atoms with Crippen molar-refractivity contribution in [3.63, 3.8) is 0 Å². The minimum Gasteiger partial charge on any atom is -0.310 e. The monoisotopic (exact) mass is 355 g/mol. The van der Waals surface area contributed by atoms with Crippen molar-refractivity contribution in [3.05, 3.63) is 34.1 Å². The van der Waals surface area contributed by atoms with Gasteiger partial charge in [-0.3, -0.25) is 0 Å². The Labute approximate surface area is 136 Å². The molecule has 0 aliphatic heterocycles. The minimum atomic E-state index is -0.0933. The number of rotatable bonds is 5. The van der Waals surface area contributed by atoms with Crippen LogP contribution in [0, 0.1) is 23.6 Å². The van der Waals surface area contributed by atoms with E-state index in [9.17, 15) is 4.39 Å². The predicted octanol–water partition coefficient (Wildman–Crippen LogP) is 5.70. The maximum Gasteiger partial charge on any atom is 0.129 e. The summed E-state index contributed by atoms with van der Waals surface area (Å²) in [7, 11) is 0. The highest BCUT2D eigenvalue weighted by atomic mass is 79.9. The van der Waals surface area contributed by atoms with Crippen LogP contribution in [0.4, 0.5) is 4.39 Å². The first-order valence-corrected chi connectivity index (χ1v) is 9.01. The summed E-state index contributed by atoms with van der Waals surface area (Å²) in [5.74, 6) is 1.94. The Bertz CT molecular complexity index is 442. The molecule has 1 aromatic carbocycles. The lowest BCUT2D eigenvalue weighted by atomic mass is 9.72. The molecule has 0 aromatic heterocycles. The molecule has 21 heavy (non-hydrogen) atoms. The molecular formula is C18H27BrFN. The molecular weight excluding hydrogens is 329 g/mol. The Morgan fingerprint density at radius 2 is 2.05 bits per heavy atom. The van der Waals surface area contributed by atoms with Crippen molar-refractivity contribution in [2.24, 2.45) is 17.8 Å². The van der Waals surface area contributed by atoms with E-state index in [1.54, 1.807) is 12.1 Å². The summed E-state index contributed by atoms with van der Waals surface area (Å²) < 4.78 is 15.3. The van der Waals surface area contributed by atoms with Crippen molar-refractivity contribution >= 4 is 15.9 Å². The molecule has 3 heteroatoms. The molecule has 4 atom stereocenters. The predicted molar refractivity (Wildman–Crippen MR) is 90.8 cm³/mol. The van der Waals surface area contributed by atoms with Gasteiger partial charge in [0.05, 0.1) is 0 Å². The van der Waals surface area contributed by atoms with E-state index in [1.807, 2.05) is 6.07 Å². The fourth-order valence-electron chi connectivity index (χ4n) is 3.50. The van der Waals surface area contributed by atoms with E-state index in [2.05, 4.69) is 42.0 Å². The second-order valence-corrected chi connectivity index (χ2v) is 7.45. The zero-order valence-electron chi connectivity index (χ0n) is 13.3. The Hall–Kier alpha value is -0.410. The van der Waals surface area contributed by atoms with E-state index in [0.717, 1.165) is 34.8 Å². The largest absolute Gasteiger partial charge is 0.310 e. The highest BCUT2D eigenvalue weighted by Gasteiger charge is 2.32. The van der Waals surface area contributed by atoms with Gasteiger partial charge in [-0.2, -0.15) is 0 Å². The molecule has 4 unspecified atom stereocenters. The van der Waals surface area contributed by atoms with Gasteiger partial charge in [0, 0.05) is 16.1 Å². The van der Waals surface area contributed by atoms with Crippen LogP contribution in [0.15, 0.2) is 22.7 Å². The molecule has 1 aliphatic rings. The molecule has 1 aromatic rings. The van der Waals surface area contributed by atoms with Crippen LogP contribution in [0.3, 0.4) is 0 Å². The maximum atomic E-state index is 14.4. The topological polar surface area (TPSA) is 12.0 Å². The van der Waals surface area contributed by atoms with Crippen molar-refractivity contribution in [1.82, 2.24) is 5.32 Å². The Morgan fingerprint density at radius 1 is 1.29 bits per heavy atom. The van der Waals surface area contributed by atoms with Gasteiger partial charge < -0.3 is 5.32 Å². The van der Waals surface area contributed by atoms with Crippen molar-refractivity contribution in [2.45, 2.75) is 52.5 Å². The zero-order chi connectivity index (χ0) is 15.4. The Morgan fingerprint density at radius 3 is 2.67 bits per heavy atom. The van der Waals surface area contributed by atoms with E-state index in [4.69, 9.17) is 0 Å². The fourth-order valence-corrected chi connectivity index (χ4v) is 4.09. The summed E-state index contributed by atoms with van der Waals surface area (Å²) >= 11 is 3.55. The minimum absolute atomic E-state index is 0.0933. The van der Waals surface area contributed by atoms with Crippen LogP contribution in [-0.2, 0) is 0 Å². The molecule has 1 nitrogen and oxygen atoms in total. The van der Waals surface area contributed by atoms with Crippen molar-refractivity contribution in [2.75, 3.05) is 6.54 Å². The molecule has 0 saturated heterocycles. The summed E-state index contributed by atoms with van der Waals surface area (Å²) in [5, 5.41) is 3.60. The average Bonchev–Trinajstić information content (AvgIpc) is 2.45. The molecule has 2 rings (SSSR count). The maximum absolute atomic E-state index is 14.4. The lowest BCUT2D eigenvalue weighted by Crippen LogP contribution is -2.34. The Balaban J connectivity index is 2.26. The molecule has 1 saturated carbocycles. The first-order valence-electron chi connectivity index (χ1n) is 8.21. The highest BCUT2D eigenvalue weighted by molar-refractivity contribution is 9.10. The van der Waals surface area contributed by atoms with Crippen molar-refractivity contribution in [1.29, 1.82) is 0 Å². The molecule has 0 amide bonds. The third kappa shape index (κ3) is 4.07.